The molecule has 1 aromatic heterocycles. The molecule has 2 heterocycles. The van der Waals surface area contributed by atoms with Crippen LogP contribution < -0.4 is 4.74 Å². The molecule has 2 aromatic rings. The summed E-state index contributed by atoms with van der Waals surface area (Å²) in [5, 5.41) is 0. The number of methoxy groups -OCH3 is 1. The fourth-order valence-corrected chi connectivity index (χ4v) is 3.00. The van der Waals surface area contributed by atoms with Crippen molar-refractivity contribution in [3.8, 4) is 5.75 Å². The molecule has 3 rings (SSSR count). The lowest BCUT2D eigenvalue weighted by Crippen LogP contribution is -2.58. The van der Waals surface area contributed by atoms with Crippen molar-refractivity contribution in [3.05, 3.63) is 59.7 Å². The highest BCUT2D eigenvalue weighted by molar-refractivity contribution is 5.94. The van der Waals surface area contributed by atoms with Crippen LogP contribution in [0.2, 0.25) is 0 Å². The van der Waals surface area contributed by atoms with Gasteiger partial charge in [-0.15, -0.1) is 0 Å². The van der Waals surface area contributed by atoms with Gasteiger partial charge in [0.25, 0.3) is 0 Å². The maximum atomic E-state index is 13.3. The average molecular weight is 357 g/mol. The van der Waals surface area contributed by atoms with Crippen LogP contribution in [0.4, 0.5) is 4.39 Å². The zero-order valence-corrected chi connectivity index (χ0v) is 14.7. The van der Waals surface area contributed by atoms with Gasteiger partial charge < -0.3 is 14.5 Å². The number of piperazine rings is 1. The van der Waals surface area contributed by atoms with E-state index in [9.17, 15) is 14.0 Å². The van der Waals surface area contributed by atoms with Crippen molar-refractivity contribution < 1.29 is 18.7 Å². The largest absolute Gasteiger partial charge is 0.497 e. The van der Waals surface area contributed by atoms with Gasteiger partial charge in [0.1, 0.15) is 24.2 Å². The Kier molecular flexibility index (Phi) is 5.16. The van der Waals surface area contributed by atoms with Gasteiger partial charge >= 0.3 is 0 Å². The van der Waals surface area contributed by atoms with E-state index < -0.39 is 6.04 Å². The second-order valence-electron chi connectivity index (χ2n) is 6.21. The molecule has 1 fully saturated rings. The van der Waals surface area contributed by atoms with E-state index in [1.807, 2.05) is 0 Å². The van der Waals surface area contributed by atoms with Crippen molar-refractivity contribution in [2.75, 3.05) is 13.7 Å². The lowest BCUT2D eigenvalue weighted by molar-refractivity contribution is -0.156. The molecule has 1 saturated heterocycles. The van der Waals surface area contributed by atoms with Crippen LogP contribution in [0.5, 0.6) is 5.75 Å². The molecule has 0 N–H and O–H groups in total. The van der Waals surface area contributed by atoms with Crippen molar-refractivity contribution in [1.82, 2.24) is 14.8 Å². The number of carbonyl (C=O) groups is 2. The number of halogens is 1. The van der Waals surface area contributed by atoms with Crippen molar-refractivity contribution >= 4 is 11.8 Å². The third kappa shape index (κ3) is 3.82. The monoisotopic (exact) mass is 357 g/mol. The summed E-state index contributed by atoms with van der Waals surface area (Å²) in [5.41, 5.74) is 1.30. The van der Waals surface area contributed by atoms with Gasteiger partial charge in [-0.2, -0.15) is 0 Å². The minimum absolute atomic E-state index is 0.0380. The summed E-state index contributed by atoms with van der Waals surface area (Å²) in [7, 11) is 1.56. The van der Waals surface area contributed by atoms with E-state index in [4.69, 9.17) is 4.74 Å². The van der Waals surface area contributed by atoms with Crippen molar-refractivity contribution in [2.24, 2.45) is 0 Å². The van der Waals surface area contributed by atoms with E-state index in [1.54, 1.807) is 44.5 Å². The lowest BCUT2D eigenvalue weighted by atomic mass is 10.1. The minimum Gasteiger partial charge on any atom is -0.497 e. The molecule has 0 unspecified atom stereocenters. The average Bonchev–Trinajstić information content (AvgIpc) is 2.63. The van der Waals surface area contributed by atoms with E-state index in [2.05, 4.69) is 4.98 Å². The molecule has 0 saturated carbocycles. The first-order valence-corrected chi connectivity index (χ1v) is 8.29. The molecule has 136 valence electrons. The van der Waals surface area contributed by atoms with E-state index in [0.29, 0.717) is 17.0 Å². The number of hydrogen-bond acceptors (Lipinski definition) is 4. The molecule has 1 aliphatic heterocycles. The molecule has 26 heavy (non-hydrogen) atoms. The molecule has 1 aromatic carbocycles. The SMILES string of the molecule is COc1ccnc(CN2C(=O)CN(Cc3cccc(F)c3)C(=O)[C@@H]2C)c1. The third-order valence-corrected chi connectivity index (χ3v) is 4.40. The molecule has 0 aliphatic carbocycles. The Morgan fingerprint density at radius 1 is 1.23 bits per heavy atom. The molecule has 0 radical (unpaired) electrons. The zero-order chi connectivity index (χ0) is 18.7. The Morgan fingerprint density at radius 3 is 2.77 bits per heavy atom. The molecule has 0 spiro atoms. The fourth-order valence-electron chi connectivity index (χ4n) is 3.00. The highest BCUT2D eigenvalue weighted by atomic mass is 19.1. The molecule has 0 bridgehead atoms. The van der Waals surface area contributed by atoms with Crippen LogP contribution in [0, 0.1) is 5.82 Å². The van der Waals surface area contributed by atoms with E-state index in [0.717, 1.165) is 0 Å². The molecule has 7 heteroatoms. The summed E-state index contributed by atoms with van der Waals surface area (Å²) >= 11 is 0. The van der Waals surface area contributed by atoms with Crippen LogP contribution in [0.25, 0.3) is 0 Å². The van der Waals surface area contributed by atoms with Crippen LogP contribution in [-0.4, -0.2) is 46.3 Å². The topological polar surface area (TPSA) is 62.7 Å². The fraction of sp³-hybridized carbons (Fsp3) is 0.316. The first kappa shape index (κ1) is 17.8. The Bertz CT molecular complexity index is 827. The normalized spacial score (nSPS) is 17.6. The maximum Gasteiger partial charge on any atom is 0.245 e. The number of amides is 2. The highest BCUT2D eigenvalue weighted by Gasteiger charge is 2.36. The van der Waals surface area contributed by atoms with Gasteiger partial charge in [-0.1, -0.05) is 12.1 Å². The van der Waals surface area contributed by atoms with Crippen LogP contribution in [0.1, 0.15) is 18.2 Å². The Hall–Kier alpha value is -2.96. The first-order valence-electron chi connectivity index (χ1n) is 8.29. The Labute approximate surface area is 151 Å². The van der Waals surface area contributed by atoms with Gasteiger partial charge in [0.05, 0.1) is 19.3 Å². The second kappa shape index (κ2) is 7.51. The number of benzene rings is 1. The van der Waals surface area contributed by atoms with Crippen molar-refractivity contribution in [3.63, 3.8) is 0 Å². The number of nitrogens with zero attached hydrogens (tertiary/aromatic N) is 3. The highest BCUT2D eigenvalue weighted by Crippen LogP contribution is 2.19. The summed E-state index contributed by atoms with van der Waals surface area (Å²) in [6.45, 7) is 2.09. The molecule has 1 aliphatic rings. The minimum atomic E-state index is -0.613. The van der Waals surface area contributed by atoms with E-state index >= 15 is 0 Å². The van der Waals surface area contributed by atoms with Crippen LogP contribution in [0.3, 0.4) is 0 Å². The van der Waals surface area contributed by atoms with Crippen LogP contribution in [-0.2, 0) is 22.7 Å². The summed E-state index contributed by atoms with van der Waals surface area (Å²) in [4.78, 5) is 32.4. The van der Waals surface area contributed by atoms with Gasteiger partial charge in [-0.3, -0.25) is 14.6 Å². The smallest absolute Gasteiger partial charge is 0.245 e. The predicted octanol–water partition coefficient (Wildman–Crippen LogP) is 1.99. The molecule has 6 nitrogen and oxygen atoms in total. The summed E-state index contributed by atoms with van der Waals surface area (Å²) in [6, 6.07) is 8.88. The first-order chi connectivity index (χ1) is 12.5. The van der Waals surface area contributed by atoms with Crippen LogP contribution in [0.15, 0.2) is 42.6 Å². The summed E-state index contributed by atoms with van der Waals surface area (Å²) in [5.74, 6) is -0.0573. The number of ether oxygens (including phenoxy) is 1. The quantitative estimate of drug-likeness (QED) is 0.821. The standard InChI is InChI=1S/C19H20FN3O3/c1-13-19(25)22(10-14-4-3-5-15(20)8-14)12-18(24)23(13)11-16-9-17(26-2)6-7-21-16/h3-9,13H,10-12H2,1-2H3/t13-/m0/s1. The summed E-state index contributed by atoms with van der Waals surface area (Å²) < 4.78 is 18.5. The van der Waals surface area contributed by atoms with Crippen molar-refractivity contribution in [1.29, 1.82) is 0 Å². The van der Waals surface area contributed by atoms with Crippen LogP contribution >= 0.6 is 0 Å². The summed E-state index contributed by atoms with van der Waals surface area (Å²) in [6.07, 6.45) is 1.60. The predicted molar refractivity (Wildman–Crippen MR) is 92.6 cm³/mol. The Balaban J connectivity index is 1.72. The lowest BCUT2D eigenvalue weighted by Gasteiger charge is -2.38. The molecular formula is C19H20FN3O3. The molecule has 2 amide bonds. The number of pyridine rings is 1. The third-order valence-electron chi connectivity index (χ3n) is 4.40. The molecular weight excluding hydrogens is 337 g/mol. The number of hydrogen-bond donors (Lipinski definition) is 0. The number of aromatic nitrogens is 1. The zero-order valence-electron chi connectivity index (χ0n) is 14.7. The van der Waals surface area contributed by atoms with Gasteiger partial charge in [-0.25, -0.2) is 4.39 Å². The van der Waals surface area contributed by atoms with E-state index in [1.165, 1.54) is 21.9 Å². The van der Waals surface area contributed by atoms with Gasteiger partial charge in [0.2, 0.25) is 11.8 Å². The second-order valence-corrected chi connectivity index (χ2v) is 6.21. The van der Waals surface area contributed by atoms with E-state index in [-0.39, 0.29) is 37.3 Å². The number of rotatable bonds is 5. The van der Waals surface area contributed by atoms with Gasteiger partial charge in [0, 0.05) is 18.8 Å². The maximum absolute atomic E-state index is 13.3. The number of carbonyl (C=O) groups excluding carboxylic acids is 2. The van der Waals surface area contributed by atoms with Gasteiger partial charge in [-0.05, 0) is 30.7 Å². The molecule has 1 atom stereocenters. The van der Waals surface area contributed by atoms with Gasteiger partial charge in [0.15, 0.2) is 0 Å². The van der Waals surface area contributed by atoms with Crippen molar-refractivity contribution in [2.45, 2.75) is 26.1 Å². The Morgan fingerprint density at radius 2 is 2.04 bits per heavy atom.